The number of benzene rings is 1. The van der Waals surface area contributed by atoms with Gasteiger partial charge in [-0.2, -0.15) is 0 Å². The van der Waals surface area contributed by atoms with E-state index in [2.05, 4.69) is 5.32 Å². The summed E-state index contributed by atoms with van der Waals surface area (Å²) in [6.07, 6.45) is 5.84. The fraction of sp³-hybridized carbons (Fsp3) is 0.478. The number of carbonyl (C=O) groups excluding carboxylic acids is 2. The van der Waals surface area contributed by atoms with Gasteiger partial charge in [0.1, 0.15) is 6.26 Å². The van der Waals surface area contributed by atoms with Crippen molar-refractivity contribution in [1.29, 1.82) is 0 Å². The molecular formula is C23H28N2O5. The van der Waals surface area contributed by atoms with Gasteiger partial charge >= 0.3 is 0 Å². The van der Waals surface area contributed by atoms with E-state index in [4.69, 9.17) is 13.9 Å². The SMILES string of the molecule is COC(C(=O)NCC1CCC2(CCN(C(=O)c3ccoc3)CC2)O1)c1ccccc1. The second-order valence-electron chi connectivity index (χ2n) is 8.04. The van der Waals surface area contributed by atoms with Crippen LogP contribution >= 0.6 is 0 Å². The first-order chi connectivity index (χ1) is 14.6. The molecule has 2 amide bonds. The van der Waals surface area contributed by atoms with Gasteiger partial charge in [-0.15, -0.1) is 0 Å². The minimum Gasteiger partial charge on any atom is -0.472 e. The molecule has 2 aromatic rings. The average molecular weight is 412 g/mol. The molecule has 0 bridgehead atoms. The Labute approximate surface area is 176 Å². The summed E-state index contributed by atoms with van der Waals surface area (Å²) >= 11 is 0. The van der Waals surface area contributed by atoms with Crippen LogP contribution in [0.15, 0.2) is 53.3 Å². The zero-order valence-corrected chi connectivity index (χ0v) is 17.2. The lowest BCUT2D eigenvalue weighted by atomic mass is 9.88. The molecule has 2 unspecified atom stereocenters. The van der Waals surface area contributed by atoms with E-state index in [1.54, 1.807) is 6.07 Å². The molecule has 1 N–H and O–H groups in total. The highest BCUT2D eigenvalue weighted by molar-refractivity contribution is 5.93. The smallest absolute Gasteiger partial charge is 0.257 e. The number of ether oxygens (including phenoxy) is 2. The van der Waals surface area contributed by atoms with Gasteiger partial charge in [-0.25, -0.2) is 0 Å². The highest BCUT2D eigenvalue weighted by Gasteiger charge is 2.43. The van der Waals surface area contributed by atoms with Crippen molar-refractivity contribution in [2.45, 2.75) is 43.5 Å². The van der Waals surface area contributed by atoms with Crippen LogP contribution in [0.3, 0.4) is 0 Å². The van der Waals surface area contributed by atoms with Crippen LogP contribution in [0.25, 0.3) is 0 Å². The maximum Gasteiger partial charge on any atom is 0.257 e. The van der Waals surface area contributed by atoms with Crippen molar-refractivity contribution >= 4 is 11.8 Å². The summed E-state index contributed by atoms with van der Waals surface area (Å²) in [6, 6.07) is 11.2. The van der Waals surface area contributed by atoms with Crippen LogP contribution in [0.2, 0.25) is 0 Å². The van der Waals surface area contributed by atoms with Crippen molar-refractivity contribution in [1.82, 2.24) is 10.2 Å². The Hall–Kier alpha value is -2.64. The van der Waals surface area contributed by atoms with Gasteiger partial charge < -0.3 is 24.1 Å². The molecule has 0 saturated carbocycles. The fourth-order valence-electron chi connectivity index (χ4n) is 4.42. The van der Waals surface area contributed by atoms with E-state index in [-0.39, 0.29) is 23.5 Å². The molecule has 4 rings (SSSR count). The van der Waals surface area contributed by atoms with Gasteiger partial charge in [-0.05, 0) is 37.3 Å². The Morgan fingerprint density at radius 3 is 2.63 bits per heavy atom. The van der Waals surface area contributed by atoms with E-state index in [9.17, 15) is 9.59 Å². The largest absolute Gasteiger partial charge is 0.472 e. The zero-order valence-electron chi connectivity index (χ0n) is 17.2. The summed E-state index contributed by atoms with van der Waals surface area (Å²) in [6.45, 7) is 1.80. The van der Waals surface area contributed by atoms with Crippen LogP contribution in [-0.4, -0.2) is 55.2 Å². The molecule has 7 heteroatoms. The lowest BCUT2D eigenvalue weighted by Crippen LogP contribution is -2.47. The summed E-state index contributed by atoms with van der Waals surface area (Å²) in [7, 11) is 1.54. The van der Waals surface area contributed by atoms with Gasteiger partial charge in [0.25, 0.3) is 11.8 Å². The number of hydrogen-bond donors (Lipinski definition) is 1. The molecule has 160 valence electrons. The first-order valence-electron chi connectivity index (χ1n) is 10.4. The molecule has 1 aromatic carbocycles. The average Bonchev–Trinajstić information content (AvgIpc) is 3.45. The van der Waals surface area contributed by atoms with Crippen molar-refractivity contribution in [2.24, 2.45) is 0 Å². The molecule has 7 nitrogen and oxygen atoms in total. The van der Waals surface area contributed by atoms with Crippen molar-refractivity contribution in [3.63, 3.8) is 0 Å². The zero-order chi connectivity index (χ0) is 21.0. The van der Waals surface area contributed by atoms with Gasteiger partial charge in [0.15, 0.2) is 6.10 Å². The van der Waals surface area contributed by atoms with Gasteiger partial charge in [0.2, 0.25) is 0 Å². The topological polar surface area (TPSA) is 81.0 Å². The molecule has 0 aliphatic carbocycles. The highest BCUT2D eigenvalue weighted by atomic mass is 16.5. The third-order valence-corrected chi connectivity index (χ3v) is 6.15. The van der Waals surface area contributed by atoms with Crippen molar-refractivity contribution < 1.29 is 23.5 Å². The Morgan fingerprint density at radius 2 is 1.97 bits per heavy atom. The summed E-state index contributed by atoms with van der Waals surface area (Å²) < 4.78 is 16.8. The highest BCUT2D eigenvalue weighted by Crippen LogP contribution is 2.39. The van der Waals surface area contributed by atoms with Crippen LogP contribution in [0, 0.1) is 0 Å². The molecule has 3 heterocycles. The molecular weight excluding hydrogens is 384 g/mol. The summed E-state index contributed by atoms with van der Waals surface area (Å²) in [5.74, 6) is -0.152. The lowest BCUT2D eigenvalue weighted by molar-refractivity contribution is -0.132. The number of hydrogen-bond acceptors (Lipinski definition) is 5. The van der Waals surface area contributed by atoms with E-state index in [1.807, 2.05) is 35.2 Å². The normalized spacial score (nSPS) is 21.5. The van der Waals surface area contributed by atoms with Crippen LogP contribution in [-0.2, 0) is 14.3 Å². The molecule has 1 spiro atoms. The minimum absolute atomic E-state index is 0.00642. The van der Waals surface area contributed by atoms with E-state index in [1.165, 1.54) is 19.6 Å². The number of methoxy groups -OCH3 is 1. The Morgan fingerprint density at radius 1 is 1.20 bits per heavy atom. The number of nitrogens with one attached hydrogen (secondary N) is 1. The van der Waals surface area contributed by atoms with Crippen molar-refractivity contribution in [2.75, 3.05) is 26.7 Å². The van der Waals surface area contributed by atoms with Gasteiger partial charge in [-0.3, -0.25) is 9.59 Å². The Bertz CT molecular complexity index is 844. The molecule has 0 radical (unpaired) electrons. The van der Waals surface area contributed by atoms with Crippen LogP contribution in [0.5, 0.6) is 0 Å². The van der Waals surface area contributed by atoms with E-state index < -0.39 is 6.10 Å². The standard InChI is InChI=1S/C23H28N2O5/c1-28-20(17-5-3-2-4-6-17)21(26)24-15-19-7-9-23(30-19)10-12-25(13-11-23)22(27)18-8-14-29-16-18/h2-6,8,14,16,19-20H,7,9-13,15H2,1H3,(H,24,26). The minimum atomic E-state index is -0.626. The number of nitrogens with zero attached hydrogens (tertiary/aromatic N) is 1. The molecule has 2 aliphatic rings. The molecule has 2 atom stereocenters. The maximum atomic E-state index is 12.6. The predicted molar refractivity (Wildman–Crippen MR) is 110 cm³/mol. The van der Waals surface area contributed by atoms with Crippen LogP contribution < -0.4 is 5.32 Å². The number of furan rings is 1. The van der Waals surface area contributed by atoms with Gasteiger partial charge in [0.05, 0.1) is 23.5 Å². The predicted octanol–water partition coefficient (Wildman–Crippen LogP) is 2.94. The van der Waals surface area contributed by atoms with Crippen LogP contribution in [0.1, 0.15) is 47.7 Å². The third-order valence-electron chi connectivity index (χ3n) is 6.15. The molecule has 2 saturated heterocycles. The second-order valence-corrected chi connectivity index (χ2v) is 8.04. The lowest BCUT2D eigenvalue weighted by Gasteiger charge is -2.39. The third kappa shape index (κ3) is 4.42. The van der Waals surface area contributed by atoms with Crippen molar-refractivity contribution in [3.8, 4) is 0 Å². The summed E-state index contributed by atoms with van der Waals surface area (Å²) in [5, 5.41) is 2.98. The Balaban J connectivity index is 1.26. The number of carbonyl (C=O) groups is 2. The monoisotopic (exact) mass is 412 g/mol. The Kier molecular flexibility index (Phi) is 6.20. The molecule has 1 aromatic heterocycles. The molecule has 2 aliphatic heterocycles. The molecule has 30 heavy (non-hydrogen) atoms. The quantitative estimate of drug-likeness (QED) is 0.789. The van der Waals surface area contributed by atoms with Gasteiger partial charge in [0, 0.05) is 26.7 Å². The van der Waals surface area contributed by atoms with Gasteiger partial charge in [-0.1, -0.05) is 30.3 Å². The summed E-state index contributed by atoms with van der Waals surface area (Å²) in [5.41, 5.74) is 1.23. The fourth-order valence-corrected chi connectivity index (χ4v) is 4.42. The van der Waals surface area contributed by atoms with Crippen molar-refractivity contribution in [3.05, 3.63) is 60.1 Å². The number of amides is 2. The number of rotatable bonds is 6. The molecule has 2 fully saturated rings. The maximum absolute atomic E-state index is 12.6. The first-order valence-corrected chi connectivity index (χ1v) is 10.4. The van der Waals surface area contributed by atoms with E-state index in [0.717, 1.165) is 31.2 Å². The van der Waals surface area contributed by atoms with Crippen LogP contribution in [0.4, 0.5) is 0 Å². The summed E-state index contributed by atoms with van der Waals surface area (Å²) in [4.78, 5) is 26.9. The first kappa shape index (κ1) is 20.6. The van der Waals surface area contributed by atoms with E-state index >= 15 is 0 Å². The second kappa shape index (κ2) is 9.02. The van der Waals surface area contributed by atoms with E-state index in [0.29, 0.717) is 25.2 Å². The number of piperidine rings is 1. The number of likely N-dealkylation sites (tertiary alicyclic amines) is 1.